The minimum absolute atomic E-state index is 0.0592. The molecular weight excluding hydrogens is 390 g/mol. The van der Waals surface area contributed by atoms with Gasteiger partial charge >= 0.3 is 0 Å². The van der Waals surface area contributed by atoms with Gasteiger partial charge in [-0.2, -0.15) is 5.26 Å². The van der Waals surface area contributed by atoms with Gasteiger partial charge in [-0.05, 0) is 24.3 Å². The fraction of sp³-hybridized carbons (Fsp3) is 0.318. The number of rotatable bonds is 3. The molecule has 6 nitrogen and oxygen atoms in total. The Labute approximate surface area is 171 Å². The quantitative estimate of drug-likeness (QED) is 0.662. The van der Waals surface area contributed by atoms with Gasteiger partial charge in [-0.1, -0.05) is 13.0 Å². The van der Waals surface area contributed by atoms with E-state index >= 15 is 0 Å². The molecule has 4 rings (SSSR count). The summed E-state index contributed by atoms with van der Waals surface area (Å²) in [6.07, 6.45) is 0.150. The molecule has 154 valence electrons. The number of nitrogens with zero attached hydrogens (tertiary/aromatic N) is 4. The molecule has 1 aromatic carbocycles. The van der Waals surface area contributed by atoms with Crippen LogP contribution in [0.2, 0.25) is 0 Å². The smallest absolute Gasteiger partial charge is 0.252 e. The zero-order chi connectivity index (χ0) is 21.4. The standard InChI is InChI=1S/C22H20F2N4O2/c1-13-12-28(9-8-19(13)30-22-15(23)4-3-5-16(22)24)18-10-20(29)27(2)17-7-6-14(11-25)26-21(17)18/h3-7,10,13,19H,8-9,12H2,1-2H3. The van der Waals surface area contributed by atoms with Gasteiger partial charge in [-0.15, -0.1) is 0 Å². The zero-order valence-electron chi connectivity index (χ0n) is 16.6. The van der Waals surface area contributed by atoms with E-state index in [1.807, 2.05) is 17.9 Å². The zero-order valence-corrected chi connectivity index (χ0v) is 16.6. The van der Waals surface area contributed by atoms with E-state index in [0.717, 1.165) is 0 Å². The summed E-state index contributed by atoms with van der Waals surface area (Å²) in [6.45, 7) is 2.97. The number of para-hydroxylation sites is 1. The van der Waals surface area contributed by atoms with Crippen molar-refractivity contribution in [2.24, 2.45) is 13.0 Å². The van der Waals surface area contributed by atoms with Crippen molar-refractivity contribution in [1.29, 1.82) is 5.26 Å². The average molecular weight is 410 g/mol. The van der Waals surface area contributed by atoms with Crippen molar-refractivity contribution in [1.82, 2.24) is 9.55 Å². The first-order valence-electron chi connectivity index (χ1n) is 9.65. The second-order valence-corrected chi connectivity index (χ2v) is 7.52. The topological polar surface area (TPSA) is 71.2 Å². The lowest BCUT2D eigenvalue weighted by atomic mass is 9.95. The van der Waals surface area contributed by atoms with Crippen LogP contribution < -0.4 is 15.2 Å². The van der Waals surface area contributed by atoms with E-state index in [4.69, 9.17) is 4.74 Å². The van der Waals surface area contributed by atoms with E-state index < -0.39 is 11.6 Å². The molecule has 30 heavy (non-hydrogen) atoms. The summed E-state index contributed by atoms with van der Waals surface area (Å²) in [7, 11) is 1.66. The molecule has 8 heteroatoms. The van der Waals surface area contributed by atoms with E-state index in [-0.39, 0.29) is 29.0 Å². The summed E-state index contributed by atoms with van der Waals surface area (Å²) in [4.78, 5) is 18.9. The van der Waals surface area contributed by atoms with Crippen LogP contribution in [0.3, 0.4) is 0 Å². The molecule has 0 aliphatic carbocycles. The lowest BCUT2D eigenvalue weighted by molar-refractivity contribution is 0.111. The second kappa shape index (κ2) is 7.75. The number of hydrogen-bond donors (Lipinski definition) is 0. The van der Waals surface area contributed by atoms with Crippen LogP contribution in [0.15, 0.2) is 41.2 Å². The number of nitriles is 1. The van der Waals surface area contributed by atoms with Gasteiger partial charge in [0.05, 0.1) is 11.2 Å². The van der Waals surface area contributed by atoms with Crippen molar-refractivity contribution in [3.8, 4) is 11.8 Å². The Balaban J connectivity index is 1.63. The van der Waals surface area contributed by atoms with E-state index in [2.05, 4.69) is 4.98 Å². The van der Waals surface area contributed by atoms with Crippen LogP contribution in [0, 0.1) is 28.9 Å². The summed E-state index contributed by atoms with van der Waals surface area (Å²) < 4.78 is 35.1. The van der Waals surface area contributed by atoms with Crippen LogP contribution in [-0.4, -0.2) is 28.7 Å². The van der Waals surface area contributed by atoms with Gasteiger partial charge in [-0.25, -0.2) is 13.8 Å². The lowest BCUT2D eigenvalue weighted by Crippen LogP contribution is -2.45. The third-order valence-electron chi connectivity index (χ3n) is 5.54. The van der Waals surface area contributed by atoms with E-state index in [9.17, 15) is 18.8 Å². The predicted octanol–water partition coefficient (Wildman–Crippen LogP) is 3.38. The average Bonchev–Trinajstić information content (AvgIpc) is 2.74. The molecule has 1 saturated heterocycles. The van der Waals surface area contributed by atoms with Crippen LogP contribution in [0.25, 0.3) is 11.0 Å². The molecule has 0 amide bonds. The third-order valence-corrected chi connectivity index (χ3v) is 5.54. The highest BCUT2D eigenvalue weighted by molar-refractivity contribution is 5.88. The molecule has 0 spiro atoms. The highest BCUT2D eigenvalue weighted by Crippen LogP contribution is 2.31. The molecule has 0 radical (unpaired) electrons. The van der Waals surface area contributed by atoms with Crippen molar-refractivity contribution in [3.05, 3.63) is 64.1 Å². The van der Waals surface area contributed by atoms with Crippen LogP contribution in [0.4, 0.5) is 14.5 Å². The molecule has 2 aromatic heterocycles. The Hall–Kier alpha value is -3.47. The molecule has 2 atom stereocenters. The highest BCUT2D eigenvalue weighted by atomic mass is 19.1. The molecule has 3 heterocycles. The fourth-order valence-electron chi connectivity index (χ4n) is 3.88. The van der Waals surface area contributed by atoms with Gasteiger partial charge in [0.15, 0.2) is 17.4 Å². The number of ether oxygens (including phenoxy) is 1. The Kier molecular flexibility index (Phi) is 5.12. The van der Waals surface area contributed by atoms with Gasteiger partial charge in [-0.3, -0.25) is 4.79 Å². The highest BCUT2D eigenvalue weighted by Gasteiger charge is 2.30. The predicted molar refractivity (Wildman–Crippen MR) is 108 cm³/mol. The maximum atomic E-state index is 14.0. The summed E-state index contributed by atoms with van der Waals surface area (Å²) in [5, 5.41) is 9.21. The number of hydrogen-bond acceptors (Lipinski definition) is 5. The minimum Gasteiger partial charge on any atom is -0.484 e. The van der Waals surface area contributed by atoms with Crippen LogP contribution in [-0.2, 0) is 7.05 Å². The summed E-state index contributed by atoms with van der Waals surface area (Å²) >= 11 is 0. The number of piperidine rings is 1. The van der Waals surface area contributed by atoms with Crippen LogP contribution in [0.5, 0.6) is 5.75 Å². The fourth-order valence-corrected chi connectivity index (χ4v) is 3.88. The number of halogens is 2. The maximum absolute atomic E-state index is 14.0. The van der Waals surface area contributed by atoms with E-state index in [0.29, 0.717) is 36.2 Å². The molecule has 2 unspecified atom stereocenters. The second-order valence-electron chi connectivity index (χ2n) is 7.52. The Morgan fingerprint density at radius 2 is 1.97 bits per heavy atom. The molecule has 1 fully saturated rings. The van der Waals surface area contributed by atoms with Crippen LogP contribution in [0.1, 0.15) is 19.0 Å². The Morgan fingerprint density at radius 3 is 2.63 bits per heavy atom. The number of aromatic nitrogens is 2. The molecular formula is C22H20F2N4O2. The molecule has 0 saturated carbocycles. The number of fused-ring (bicyclic) bond motifs is 1. The maximum Gasteiger partial charge on any atom is 0.252 e. The number of aryl methyl sites for hydroxylation is 1. The van der Waals surface area contributed by atoms with Gasteiger partial charge in [0, 0.05) is 38.5 Å². The Morgan fingerprint density at radius 1 is 1.23 bits per heavy atom. The lowest BCUT2D eigenvalue weighted by Gasteiger charge is -2.38. The first kappa shape index (κ1) is 19.8. The van der Waals surface area contributed by atoms with Crippen molar-refractivity contribution in [2.45, 2.75) is 19.4 Å². The van der Waals surface area contributed by atoms with Crippen molar-refractivity contribution in [2.75, 3.05) is 18.0 Å². The number of benzene rings is 1. The van der Waals surface area contributed by atoms with Gasteiger partial charge in [0.2, 0.25) is 0 Å². The number of anilines is 1. The minimum atomic E-state index is -0.726. The van der Waals surface area contributed by atoms with Gasteiger partial charge < -0.3 is 14.2 Å². The van der Waals surface area contributed by atoms with Crippen molar-refractivity contribution < 1.29 is 13.5 Å². The third kappa shape index (κ3) is 3.47. The Bertz CT molecular complexity index is 1200. The first-order valence-corrected chi connectivity index (χ1v) is 9.65. The summed E-state index contributed by atoms with van der Waals surface area (Å²) in [5.74, 6) is -1.87. The van der Waals surface area contributed by atoms with E-state index in [1.54, 1.807) is 19.2 Å². The molecule has 1 aliphatic rings. The SMILES string of the molecule is CC1CN(c2cc(=O)n(C)c3ccc(C#N)nc23)CCC1Oc1c(F)cccc1F. The van der Waals surface area contributed by atoms with Crippen molar-refractivity contribution >= 4 is 16.7 Å². The number of pyridine rings is 2. The molecule has 0 N–H and O–H groups in total. The van der Waals surface area contributed by atoms with Crippen LogP contribution >= 0.6 is 0 Å². The molecule has 0 bridgehead atoms. The monoisotopic (exact) mass is 410 g/mol. The molecule has 3 aromatic rings. The summed E-state index contributed by atoms with van der Waals surface area (Å²) in [5.41, 5.74) is 1.94. The van der Waals surface area contributed by atoms with Crippen molar-refractivity contribution in [3.63, 3.8) is 0 Å². The first-order chi connectivity index (χ1) is 14.4. The summed E-state index contributed by atoms with van der Waals surface area (Å²) in [6, 6.07) is 10.5. The normalized spacial score (nSPS) is 19.0. The molecule has 1 aliphatic heterocycles. The van der Waals surface area contributed by atoms with E-state index in [1.165, 1.54) is 28.8 Å². The van der Waals surface area contributed by atoms with Gasteiger partial charge in [0.25, 0.3) is 5.56 Å². The largest absolute Gasteiger partial charge is 0.484 e. The van der Waals surface area contributed by atoms with Gasteiger partial charge in [0.1, 0.15) is 23.4 Å².